The minimum absolute atomic E-state index is 0.00166. The third kappa shape index (κ3) is 3.67. The molecular formula is C27H28N2O6. The number of carbonyl (C=O) groups excluding carboxylic acids is 2. The molecule has 2 unspecified atom stereocenters. The van der Waals surface area contributed by atoms with Crippen molar-refractivity contribution in [1.29, 1.82) is 0 Å². The number of aliphatic carboxylic acids is 1. The fourth-order valence-electron chi connectivity index (χ4n) is 6.11. The first-order valence-electron chi connectivity index (χ1n) is 12.2. The zero-order chi connectivity index (χ0) is 24.2. The van der Waals surface area contributed by atoms with Gasteiger partial charge in [-0.2, -0.15) is 0 Å². The molecule has 2 aromatic carbocycles. The SMILES string of the molecule is O=C(NC[C@H]1C[C@H]1C(=O)N1CC2CCOC2(C(=O)O)C1)OCC1c2ccccc2-c2ccccc21. The zero-order valence-corrected chi connectivity index (χ0v) is 19.3. The molecule has 3 fully saturated rings. The van der Waals surface area contributed by atoms with Crippen LogP contribution in [0.4, 0.5) is 4.79 Å². The summed E-state index contributed by atoms with van der Waals surface area (Å²) in [5.41, 5.74) is 3.43. The van der Waals surface area contributed by atoms with Crippen LogP contribution in [-0.2, 0) is 19.1 Å². The van der Waals surface area contributed by atoms with E-state index in [-0.39, 0.29) is 42.7 Å². The van der Waals surface area contributed by atoms with Crippen molar-refractivity contribution < 1.29 is 29.0 Å². The van der Waals surface area contributed by atoms with Gasteiger partial charge in [-0.05, 0) is 41.0 Å². The average Bonchev–Trinajstić information content (AvgIpc) is 3.20. The molecule has 2 aliphatic carbocycles. The van der Waals surface area contributed by atoms with E-state index in [0.29, 0.717) is 32.5 Å². The highest BCUT2D eigenvalue weighted by molar-refractivity contribution is 5.86. The molecule has 4 atom stereocenters. The van der Waals surface area contributed by atoms with E-state index in [4.69, 9.17) is 9.47 Å². The Kier molecular flexibility index (Phi) is 5.29. The van der Waals surface area contributed by atoms with Gasteiger partial charge in [-0.25, -0.2) is 9.59 Å². The van der Waals surface area contributed by atoms with Crippen molar-refractivity contribution >= 4 is 18.0 Å². The molecule has 182 valence electrons. The summed E-state index contributed by atoms with van der Waals surface area (Å²) in [5.74, 6) is -1.32. The molecule has 0 radical (unpaired) electrons. The second-order valence-electron chi connectivity index (χ2n) is 10.1. The number of nitrogens with one attached hydrogen (secondary N) is 1. The number of nitrogens with zero attached hydrogens (tertiary/aromatic N) is 1. The topological polar surface area (TPSA) is 105 Å². The molecule has 2 aliphatic heterocycles. The van der Waals surface area contributed by atoms with Crippen LogP contribution in [0.15, 0.2) is 48.5 Å². The smallest absolute Gasteiger partial charge is 0.407 e. The average molecular weight is 477 g/mol. The fraction of sp³-hybridized carbons (Fsp3) is 0.444. The Balaban J connectivity index is 0.999. The van der Waals surface area contributed by atoms with Gasteiger partial charge in [0.25, 0.3) is 0 Å². The van der Waals surface area contributed by atoms with Crippen molar-refractivity contribution in [2.24, 2.45) is 17.8 Å². The number of rotatable bonds is 6. The number of ether oxygens (including phenoxy) is 2. The number of fused-ring (bicyclic) bond motifs is 4. The van der Waals surface area contributed by atoms with E-state index in [2.05, 4.69) is 29.6 Å². The minimum atomic E-state index is -1.25. The van der Waals surface area contributed by atoms with E-state index in [1.54, 1.807) is 4.90 Å². The van der Waals surface area contributed by atoms with Gasteiger partial charge in [0, 0.05) is 37.5 Å². The van der Waals surface area contributed by atoms with Crippen LogP contribution in [0, 0.1) is 17.8 Å². The lowest BCUT2D eigenvalue weighted by atomic mass is 9.91. The lowest BCUT2D eigenvalue weighted by Crippen LogP contribution is -2.46. The van der Waals surface area contributed by atoms with Crippen LogP contribution >= 0.6 is 0 Å². The number of carbonyl (C=O) groups is 3. The molecule has 2 saturated heterocycles. The maximum Gasteiger partial charge on any atom is 0.407 e. The van der Waals surface area contributed by atoms with Crippen molar-refractivity contribution in [3.05, 3.63) is 59.7 Å². The molecule has 35 heavy (non-hydrogen) atoms. The summed E-state index contributed by atoms with van der Waals surface area (Å²) >= 11 is 0. The molecule has 0 bridgehead atoms. The standard InChI is InChI=1S/C27H28N2O6/c30-24(29-13-17-9-10-35-27(17,15-29)25(31)32)22-11-16(22)12-28-26(33)34-14-23-20-7-3-1-5-18(20)19-6-2-4-8-21(19)23/h1-8,16-17,22-23H,9-15H2,(H,28,33)(H,31,32)/t16-,17?,22-,27?/m1/s1. The summed E-state index contributed by atoms with van der Waals surface area (Å²) in [7, 11) is 0. The lowest BCUT2D eigenvalue weighted by molar-refractivity contribution is -0.161. The van der Waals surface area contributed by atoms with Crippen molar-refractivity contribution in [1.82, 2.24) is 10.2 Å². The van der Waals surface area contributed by atoms with Gasteiger partial charge in [0.1, 0.15) is 6.61 Å². The van der Waals surface area contributed by atoms with Gasteiger partial charge in [0.15, 0.2) is 5.60 Å². The van der Waals surface area contributed by atoms with Crippen molar-refractivity contribution in [2.75, 3.05) is 32.8 Å². The Labute approximate surface area is 203 Å². The van der Waals surface area contributed by atoms with Crippen LogP contribution in [0.1, 0.15) is 29.9 Å². The molecule has 4 aliphatic rings. The van der Waals surface area contributed by atoms with E-state index in [1.165, 1.54) is 11.1 Å². The number of alkyl carbamates (subject to hydrolysis) is 1. The summed E-state index contributed by atoms with van der Waals surface area (Å²) in [6, 6.07) is 16.4. The van der Waals surface area contributed by atoms with E-state index in [9.17, 15) is 19.5 Å². The number of likely N-dealkylation sites (tertiary alicyclic amines) is 1. The maximum absolute atomic E-state index is 12.9. The van der Waals surface area contributed by atoms with E-state index < -0.39 is 17.7 Å². The van der Waals surface area contributed by atoms with Gasteiger partial charge in [-0.3, -0.25) is 4.79 Å². The van der Waals surface area contributed by atoms with Crippen LogP contribution in [-0.4, -0.2) is 66.4 Å². The third-order valence-corrected chi connectivity index (χ3v) is 8.12. The monoisotopic (exact) mass is 476 g/mol. The van der Waals surface area contributed by atoms with Crippen LogP contribution in [0.3, 0.4) is 0 Å². The number of hydrogen-bond donors (Lipinski definition) is 2. The fourth-order valence-corrected chi connectivity index (χ4v) is 6.11. The molecule has 2 heterocycles. The molecule has 6 rings (SSSR count). The summed E-state index contributed by atoms with van der Waals surface area (Å²) in [6.45, 7) is 1.57. The first-order chi connectivity index (χ1) is 17.0. The number of benzene rings is 2. The molecule has 8 nitrogen and oxygen atoms in total. The normalized spacial score (nSPS) is 28.2. The van der Waals surface area contributed by atoms with Crippen LogP contribution < -0.4 is 5.32 Å². The second kappa shape index (κ2) is 8.37. The molecule has 0 aromatic heterocycles. The molecule has 2 aromatic rings. The highest BCUT2D eigenvalue weighted by Gasteiger charge is 2.59. The zero-order valence-electron chi connectivity index (χ0n) is 19.3. The molecule has 2 amide bonds. The van der Waals surface area contributed by atoms with E-state index >= 15 is 0 Å². The van der Waals surface area contributed by atoms with Gasteiger partial charge in [-0.15, -0.1) is 0 Å². The van der Waals surface area contributed by atoms with E-state index in [1.807, 2.05) is 24.3 Å². The van der Waals surface area contributed by atoms with Gasteiger partial charge < -0.3 is 24.8 Å². The second-order valence-corrected chi connectivity index (χ2v) is 10.1. The summed E-state index contributed by atoms with van der Waals surface area (Å²) in [4.78, 5) is 38.8. The first kappa shape index (κ1) is 22.1. The Bertz CT molecular complexity index is 1150. The highest BCUT2D eigenvalue weighted by atomic mass is 16.5. The number of carboxylic acids is 1. The number of amides is 2. The third-order valence-electron chi connectivity index (χ3n) is 8.12. The van der Waals surface area contributed by atoms with Crippen LogP contribution in [0.2, 0.25) is 0 Å². The molecular weight excluding hydrogens is 448 g/mol. The largest absolute Gasteiger partial charge is 0.479 e. The van der Waals surface area contributed by atoms with Crippen LogP contribution in [0.25, 0.3) is 11.1 Å². The summed E-state index contributed by atoms with van der Waals surface area (Å²) in [5, 5.41) is 12.4. The van der Waals surface area contributed by atoms with E-state index in [0.717, 1.165) is 11.1 Å². The molecule has 0 spiro atoms. The Morgan fingerprint density at radius 2 is 1.77 bits per heavy atom. The highest BCUT2D eigenvalue weighted by Crippen LogP contribution is 2.45. The van der Waals surface area contributed by atoms with Crippen molar-refractivity contribution in [3.63, 3.8) is 0 Å². The number of hydrogen-bond acceptors (Lipinski definition) is 5. The van der Waals surface area contributed by atoms with Crippen LogP contribution in [0.5, 0.6) is 0 Å². The Morgan fingerprint density at radius 1 is 1.09 bits per heavy atom. The van der Waals surface area contributed by atoms with Gasteiger partial charge in [-0.1, -0.05) is 48.5 Å². The van der Waals surface area contributed by atoms with Crippen molar-refractivity contribution in [2.45, 2.75) is 24.4 Å². The predicted octanol–water partition coefficient (Wildman–Crippen LogP) is 2.86. The quantitative estimate of drug-likeness (QED) is 0.664. The number of carboxylic acid groups (broad SMARTS) is 1. The van der Waals surface area contributed by atoms with Gasteiger partial charge in [0.05, 0.1) is 6.54 Å². The Hall–Kier alpha value is -3.39. The summed E-state index contributed by atoms with van der Waals surface area (Å²) < 4.78 is 11.1. The first-order valence-corrected chi connectivity index (χ1v) is 12.2. The molecule has 8 heteroatoms. The lowest BCUT2D eigenvalue weighted by Gasteiger charge is -2.23. The van der Waals surface area contributed by atoms with Gasteiger partial charge in [0.2, 0.25) is 5.91 Å². The predicted molar refractivity (Wildman–Crippen MR) is 126 cm³/mol. The molecule has 2 N–H and O–H groups in total. The maximum atomic E-state index is 12.9. The Morgan fingerprint density at radius 3 is 2.43 bits per heavy atom. The minimum Gasteiger partial charge on any atom is -0.479 e. The van der Waals surface area contributed by atoms with Gasteiger partial charge >= 0.3 is 12.1 Å². The molecule has 1 saturated carbocycles. The summed E-state index contributed by atoms with van der Waals surface area (Å²) in [6.07, 6.45) is 0.858. The van der Waals surface area contributed by atoms with Crippen molar-refractivity contribution in [3.8, 4) is 11.1 Å².